The molecule has 0 N–H and O–H groups in total. The summed E-state index contributed by atoms with van der Waals surface area (Å²) in [6.07, 6.45) is 2.99. The Kier molecular flexibility index (Phi) is 5.49. The molecule has 2 rings (SSSR count). The minimum atomic E-state index is -1.07. The molecule has 2 nitrogen and oxygen atoms in total. The van der Waals surface area contributed by atoms with Gasteiger partial charge in [-0.15, -0.1) is 0 Å². The van der Waals surface area contributed by atoms with Gasteiger partial charge >= 0.3 is 0 Å². The van der Waals surface area contributed by atoms with E-state index in [9.17, 15) is 9.59 Å². The van der Waals surface area contributed by atoms with E-state index in [1.807, 2.05) is 42.5 Å². The molecule has 0 aliphatic rings. The Balaban J connectivity index is 2.33. The SMILES string of the molecule is CCCCc1ccccc1C(=O)C(C)(C)C(=O)c1ccccc1. The summed E-state index contributed by atoms with van der Waals surface area (Å²) in [6.45, 7) is 5.58. The second kappa shape index (κ2) is 7.36. The zero-order chi connectivity index (χ0) is 16.9. The van der Waals surface area contributed by atoms with Crippen molar-refractivity contribution in [3.05, 3.63) is 71.3 Å². The lowest BCUT2D eigenvalue weighted by Gasteiger charge is -2.23. The van der Waals surface area contributed by atoms with Crippen LogP contribution in [-0.2, 0) is 6.42 Å². The smallest absolute Gasteiger partial charge is 0.176 e. The van der Waals surface area contributed by atoms with E-state index in [-0.39, 0.29) is 11.6 Å². The van der Waals surface area contributed by atoms with Crippen molar-refractivity contribution in [2.75, 3.05) is 0 Å². The fraction of sp³-hybridized carbons (Fsp3) is 0.333. The molecule has 0 spiro atoms. The number of aryl methyl sites for hydroxylation is 1. The first-order valence-electron chi connectivity index (χ1n) is 8.21. The van der Waals surface area contributed by atoms with Crippen LogP contribution in [0, 0.1) is 5.41 Å². The van der Waals surface area contributed by atoms with E-state index in [0.717, 1.165) is 24.8 Å². The zero-order valence-corrected chi connectivity index (χ0v) is 14.1. The highest BCUT2D eigenvalue weighted by Crippen LogP contribution is 2.29. The predicted octanol–water partition coefficient (Wildman–Crippen LogP) is 5.12. The lowest BCUT2D eigenvalue weighted by atomic mass is 9.76. The molecular formula is C21H24O2. The monoisotopic (exact) mass is 308 g/mol. The van der Waals surface area contributed by atoms with Gasteiger partial charge in [-0.3, -0.25) is 9.59 Å². The maximum Gasteiger partial charge on any atom is 0.176 e. The van der Waals surface area contributed by atoms with Gasteiger partial charge in [0.15, 0.2) is 11.6 Å². The van der Waals surface area contributed by atoms with Gasteiger partial charge in [-0.25, -0.2) is 0 Å². The number of ketones is 2. The number of Topliss-reactive ketones (excluding diaryl/α,β-unsaturated/α-hetero) is 2. The Morgan fingerprint density at radius 2 is 1.48 bits per heavy atom. The summed E-state index contributed by atoms with van der Waals surface area (Å²) in [6, 6.07) is 16.7. The average molecular weight is 308 g/mol. The molecule has 0 heterocycles. The van der Waals surface area contributed by atoms with Gasteiger partial charge in [0, 0.05) is 11.1 Å². The van der Waals surface area contributed by atoms with E-state index in [2.05, 4.69) is 6.92 Å². The lowest BCUT2D eigenvalue weighted by Crippen LogP contribution is -2.34. The molecule has 2 aromatic rings. The van der Waals surface area contributed by atoms with Crippen molar-refractivity contribution in [1.82, 2.24) is 0 Å². The van der Waals surface area contributed by atoms with E-state index in [0.29, 0.717) is 11.1 Å². The summed E-state index contributed by atoms with van der Waals surface area (Å²) < 4.78 is 0. The number of hydrogen-bond donors (Lipinski definition) is 0. The first-order valence-corrected chi connectivity index (χ1v) is 8.21. The third kappa shape index (κ3) is 3.76. The number of hydrogen-bond acceptors (Lipinski definition) is 2. The molecule has 0 saturated heterocycles. The predicted molar refractivity (Wildman–Crippen MR) is 93.9 cm³/mol. The quantitative estimate of drug-likeness (QED) is 0.525. The summed E-state index contributed by atoms with van der Waals surface area (Å²) in [5, 5.41) is 0. The largest absolute Gasteiger partial charge is 0.293 e. The highest BCUT2D eigenvalue weighted by molar-refractivity contribution is 6.19. The molecule has 0 radical (unpaired) electrons. The molecule has 0 bridgehead atoms. The molecule has 2 heteroatoms. The van der Waals surface area contributed by atoms with Crippen LogP contribution in [0.5, 0.6) is 0 Å². The van der Waals surface area contributed by atoms with Gasteiger partial charge in [0.1, 0.15) is 0 Å². The molecule has 0 saturated carbocycles. The molecule has 0 amide bonds. The topological polar surface area (TPSA) is 34.1 Å². The maximum atomic E-state index is 13.0. The van der Waals surface area contributed by atoms with Crippen LogP contribution in [0.15, 0.2) is 54.6 Å². The highest BCUT2D eigenvalue weighted by Gasteiger charge is 2.37. The van der Waals surface area contributed by atoms with Crippen LogP contribution in [0.1, 0.15) is 59.9 Å². The van der Waals surface area contributed by atoms with Crippen LogP contribution in [-0.4, -0.2) is 11.6 Å². The van der Waals surface area contributed by atoms with Crippen molar-refractivity contribution < 1.29 is 9.59 Å². The summed E-state index contributed by atoms with van der Waals surface area (Å²) in [5.74, 6) is -0.230. The summed E-state index contributed by atoms with van der Waals surface area (Å²) in [4.78, 5) is 25.8. The first kappa shape index (κ1) is 17.1. The number of carbonyl (C=O) groups is 2. The lowest BCUT2D eigenvalue weighted by molar-refractivity contribution is 0.0711. The molecule has 120 valence electrons. The Morgan fingerprint density at radius 1 is 0.870 bits per heavy atom. The van der Waals surface area contributed by atoms with Crippen molar-refractivity contribution in [3.8, 4) is 0 Å². The Labute approximate surface area is 138 Å². The highest BCUT2D eigenvalue weighted by atomic mass is 16.2. The first-order chi connectivity index (χ1) is 11.0. The Bertz CT molecular complexity index is 684. The van der Waals surface area contributed by atoms with Crippen LogP contribution in [0.3, 0.4) is 0 Å². The molecule has 23 heavy (non-hydrogen) atoms. The molecule has 0 aliphatic carbocycles. The van der Waals surface area contributed by atoms with Crippen molar-refractivity contribution in [2.45, 2.75) is 40.0 Å². The van der Waals surface area contributed by atoms with Crippen molar-refractivity contribution in [1.29, 1.82) is 0 Å². The molecular weight excluding hydrogens is 284 g/mol. The average Bonchev–Trinajstić information content (AvgIpc) is 2.59. The maximum absolute atomic E-state index is 13.0. The van der Waals surface area contributed by atoms with Gasteiger partial charge < -0.3 is 0 Å². The van der Waals surface area contributed by atoms with E-state index < -0.39 is 5.41 Å². The van der Waals surface area contributed by atoms with Crippen molar-refractivity contribution in [3.63, 3.8) is 0 Å². The third-order valence-electron chi connectivity index (χ3n) is 4.23. The zero-order valence-electron chi connectivity index (χ0n) is 14.1. The molecule has 0 unspecified atom stereocenters. The molecule has 0 atom stereocenters. The second-order valence-corrected chi connectivity index (χ2v) is 6.41. The van der Waals surface area contributed by atoms with E-state index in [4.69, 9.17) is 0 Å². The van der Waals surface area contributed by atoms with Crippen molar-refractivity contribution >= 4 is 11.6 Å². The van der Waals surface area contributed by atoms with Crippen LogP contribution in [0.4, 0.5) is 0 Å². The third-order valence-corrected chi connectivity index (χ3v) is 4.23. The van der Waals surface area contributed by atoms with Gasteiger partial charge in [-0.05, 0) is 32.3 Å². The minimum absolute atomic E-state index is 0.0990. The molecule has 2 aromatic carbocycles. The van der Waals surface area contributed by atoms with Gasteiger partial charge in [-0.2, -0.15) is 0 Å². The van der Waals surface area contributed by atoms with Crippen LogP contribution < -0.4 is 0 Å². The summed E-state index contributed by atoms with van der Waals surface area (Å²) in [7, 11) is 0. The minimum Gasteiger partial charge on any atom is -0.293 e. The van der Waals surface area contributed by atoms with Crippen LogP contribution >= 0.6 is 0 Å². The van der Waals surface area contributed by atoms with Crippen LogP contribution in [0.2, 0.25) is 0 Å². The second-order valence-electron chi connectivity index (χ2n) is 6.41. The number of carbonyl (C=O) groups excluding carboxylic acids is 2. The van der Waals surface area contributed by atoms with E-state index in [1.165, 1.54) is 0 Å². The van der Waals surface area contributed by atoms with Crippen LogP contribution in [0.25, 0.3) is 0 Å². The normalized spacial score (nSPS) is 11.3. The van der Waals surface area contributed by atoms with E-state index >= 15 is 0 Å². The standard InChI is InChI=1S/C21H24O2/c1-4-5-11-16-12-9-10-15-18(16)20(23)21(2,3)19(22)17-13-7-6-8-14-17/h6-10,12-15H,4-5,11H2,1-3H3. The number of rotatable bonds is 7. The number of unbranched alkanes of at least 4 members (excludes halogenated alkanes) is 1. The summed E-state index contributed by atoms with van der Waals surface area (Å²) in [5.41, 5.74) is 1.23. The van der Waals surface area contributed by atoms with Gasteiger partial charge in [-0.1, -0.05) is 67.9 Å². The van der Waals surface area contributed by atoms with Crippen molar-refractivity contribution in [2.24, 2.45) is 5.41 Å². The molecule has 0 fully saturated rings. The Morgan fingerprint density at radius 3 is 2.13 bits per heavy atom. The Hall–Kier alpha value is -2.22. The van der Waals surface area contributed by atoms with Gasteiger partial charge in [0.25, 0.3) is 0 Å². The fourth-order valence-electron chi connectivity index (χ4n) is 2.72. The molecule has 0 aromatic heterocycles. The number of benzene rings is 2. The van der Waals surface area contributed by atoms with Gasteiger partial charge in [0.05, 0.1) is 5.41 Å². The molecule has 0 aliphatic heterocycles. The fourth-order valence-corrected chi connectivity index (χ4v) is 2.72. The summed E-state index contributed by atoms with van der Waals surface area (Å²) >= 11 is 0. The van der Waals surface area contributed by atoms with Gasteiger partial charge in [0.2, 0.25) is 0 Å². The van der Waals surface area contributed by atoms with E-state index in [1.54, 1.807) is 26.0 Å².